The van der Waals surface area contributed by atoms with E-state index in [1.807, 2.05) is 0 Å². The molecule has 0 aliphatic heterocycles. The molecule has 1 amide bonds. The molecule has 0 fully saturated rings. The number of rotatable bonds is 4. The van der Waals surface area contributed by atoms with Crippen molar-refractivity contribution in [2.75, 3.05) is 6.54 Å². The van der Waals surface area contributed by atoms with Gasteiger partial charge < -0.3 is 10.4 Å². The predicted molar refractivity (Wildman–Crippen MR) is 64.6 cm³/mol. The summed E-state index contributed by atoms with van der Waals surface area (Å²) in [5, 5.41) is 11.9. The lowest BCUT2D eigenvalue weighted by Gasteiger charge is -2.21. The summed E-state index contributed by atoms with van der Waals surface area (Å²) >= 11 is 5.65. The van der Waals surface area contributed by atoms with Crippen LogP contribution in [-0.2, 0) is 0 Å². The van der Waals surface area contributed by atoms with Gasteiger partial charge in [-0.25, -0.2) is 8.78 Å². The summed E-state index contributed by atoms with van der Waals surface area (Å²) in [6.07, 6.45) is 0.443. The maximum absolute atomic E-state index is 13.0. The zero-order valence-corrected chi connectivity index (χ0v) is 10.8. The van der Waals surface area contributed by atoms with E-state index in [-0.39, 0.29) is 17.1 Å². The average molecular weight is 278 g/mol. The van der Waals surface area contributed by atoms with Crippen LogP contribution in [0.4, 0.5) is 8.78 Å². The van der Waals surface area contributed by atoms with Gasteiger partial charge in [0.2, 0.25) is 0 Å². The minimum atomic E-state index is -1.15. The summed E-state index contributed by atoms with van der Waals surface area (Å²) in [6, 6.07) is 1.47. The van der Waals surface area contributed by atoms with Gasteiger partial charge in [0.15, 0.2) is 11.6 Å². The summed E-state index contributed by atoms with van der Waals surface area (Å²) in [4.78, 5) is 11.7. The molecule has 100 valence electrons. The van der Waals surface area contributed by atoms with E-state index in [0.717, 1.165) is 12.1 Å². The first-order valence-electron chi connectivity index (χ1n) is 5.42. The SMILES string of the molecule is CCC(C)(O)CNC(=O)c1cc(F)c(F)cc1Cl. The summed E-state index contributed by atoms with van der Waals surface area (Å²) < 4.78 is 25.8. The number of carbonyl (C=O) groups is 1. The van der Waals surface area contributed by atoms with Crippen LogP contribution in [0.5, 0.6) is 0 Å². The van der Waals surface area contributed by atoms with Gasteiger partial charge in [-0.15, -0.1) is 0 Å². The van der Waals surface area contributed by atoms with Crippen LogP contribution in [0.3, 0.4) is 0 Å². The largest absolute Gasteiger partial charge is 0.388 e. The lowest BCUT2D eigenvalue weighted by Crippen LogP contribution is -2.40. The van der Waals surface area contributed by atoms with E-state index in [1.165, 1.54) is 0 Å². The first-order chi connectivity index (χ1) is 8.26. The highest BCUT2D eigenvalue weighted by atomic mass is 35.5. The molecule has 0 radical (unpaired) electrons. The topological polar surface area (TPSA) is 49.3 Å². The molecule has 3 nitrogen and oxygen atoms in total. The molecule has 6 heteroatoms. The van der Waals surface area contributed by atoms with Crippen LogP contribution >= 0.6 is 11.6 Å². The molecule has 1 aromatic carbocycles. The van der Waals surface area contributed by atoms with Gasteiger partial charge in [-0.2, -0.15) is 0 Å². The van der Waals surface area contributed by atoms with E-state index in [9.17, 15) is 18.7 Å². The van der Waals surface area contributed by atoms with E-state index >= 15 is 0 Å². The van der Waals surface area contributed by atoms with Gasteiger partial charge in [-0.05, 0) is 25.5 Å². The van der Waals surface area contributed by atoms with Crippen molar-refractivity contribution in [3.05, 3.63) is 34.4 Å². The van der Waals surface area contributed by atoms with Crippen molar-refractivity contribution >= 4 is 17.5 Å². The second-order valence-corrected chi connectivity index (χ2v) is 4.69. The first kappa shape index (κ1) is 14.9. The molecule has 1 atom stereocenters. The second kappa shape index (κ2) is 5.63. The fourth-order valence-electron chi connectivity index (χ4n) is 1.19. The third-order valence-corrected chi connectivity index (χ3v) is 2.96. The monoisotopic (exact) mass is 277 g/mol. The van der Waals surface area contributed by atoms with E-state index in [2.05, 4.69) is 5.32 Å². The number of aliphatic hydroxyl groups is 1. The molecule has 0 bridgehead atoms. The van der Waals surface area contributed by atoms with E-state index in [4.69, 9.17) is 11.6 Å². The molecule has 18 heavy (non-hydrogen) atoms. The van der Waals surface area contributed by atoms with Crippen LogP contribution in [0.2, 0.25) is 5.02 Å². The van der Waals surface area contributed by atoms with Gasteiger partial charge in [0, 0.05) is 6.54 Å². The zero-order chi connectivity index (χ0) is 13.9. The molecular weight excluding hydrogens is 264 g/mol. The highest BCUT2D eigenvalue weighted by molar-refractivity contribution is 6.33. The molecular formula is C12H14ClF2NO2. The Morgan fingerprint density at radius 3 is 2.56 bits per heavy atom. The van der Waals surface area contributed by atoms with Crippen LogP contribution in [0.1, 0.15) is 30.6 Å². The Kier molecular flexibility index (Phi) is 4.65. The number of halogens is 3. The lowest BCUT2D eigenvalue weighted by atomic mass is 10.0. The molecule has 0 aliphatic rings. The fraction of sp³-hybridized carbons (Fsp3) is 0.417. The van der Waals surface area contributed by atoms with Gasteiger partial charge >= 0.3 is 0 Å². The first-order valence-corrected chi connectivity index (χ1v) is 5.80. The predicted octanol–water partition coefficient (Wildman–Crippen LogP) is 2.51. The maximum atomic E-state index is 13.0. The number of benzene rings is 1. The van der Waals surface area contributed by atoms with Crippen molar-refractivity contribution in [1.82, 2.24) is 5.32 Å². The Hall–Kier alpha value is -1.20. The van der Waals surface area contributed by atoms with Gasteiger partial charge in [0.05, 0.1) is 16.2 Å². The standard InChI is InChI=1S/C12H14ClF2NO2/c1-3-12(2,18)6-16-11(17)7-4-9(14)10(15)5-8(7)13/h4-5,18H,3,6H2,1-2H3,(H,16,17). The van der Waals surface area contributed by atoms with Crippen molar-refractivity contribution < 1.29 is 18.7 Å². The quantitative estimate of drug-likeness (QED) is 0.831. The van der Waals surface area contributed by atoms with Gasteiger partial charge in [0.1, 0.15) is 0 Å². The van der Waals surface area contributed by atoms with Crippen LogP contribution in [0, 0.1) is 11.6 Å². The molecule has 2 N–H and O–H groups in total. The number of carbonyl (C=O) groups excluding carboxylic acids is 1. The summed E-state index contributed by atoms with van der Waals surface area (Å²) in [7, 11) is 0. The van der Waals surface area contributed by atoms with Crippen LogP contribution < -0.4 is 5.32 Å². The van der Waals surface area contributed by atoms with Gasteiger partial charge in [0.25, 0.3) is 5.91 Å². The average Bonchev–Trinajstić information content (AvgIpc) is 2.31. The third kappa shape index (κ3) is 3.65. The van der Waals surface area contributed by atoms with Crippen molar-refractivity contribution in [3.63, 3.8) is 0 Å². The minimum absolute atomic E-state index is 0.00232. The highest BCUT2D eigenvalue weighted by Gasteiger charge is 2.20. The zero-order valence-electron chi connectivity index (χ0n) is 10.1. The Bertz CT molecular complexity index is 464. The molecule has 0 spiro atoms. The Labute approximate surface area is 109 Å². The normalized spacial score (nSPS) is 14.1. The van der Waals surface area contributed by atoms with Gasteiger partial charge in [-0.1, -0.05) is 18.5 Å². The van der Waals surface area contributed by atoms with E-state index < -0.39 is 23.1 Å². The minimum Gasteiger partial charge on any atom is -0.388 e. The molecule has 1 aromatic rings. The number of hydrogen-bond donors (Lipinski definition) is 2. The van der Waals surface area contributed by atoms with E-state index in [1.54, 1.807) is 13.8 Å². The fourth-order valence-corrected chi connectivity index (χ4v) is 1.42. The number of nitrogens with one attached hydrogen (secondary N) is 1. The molecule has 1 unspecified atom stereocenters. The van der Waals surface area contributed by atoms with Crippen molar-refractivity contribution in [2.45, 2.75) is 25.9 Å². The van der Waals surface area contributed by atoms with Crippen molar-refractivity contribution in [1.29, 1.82) is 0 Å². The summed E-state index contributed by atoms with van der Waals surface area (Å²) in [5.74, 6) is -2.92. The van der Waals surface area contributed by atoms with E-state index in [0.29, 0.717) is 6.42 Å². The lowest BCUT2D eigenvalue weighted by molar-refractivity contribution is 0.0518. The van der Waals surface area contributed by atoms with Crippen LogP contribution in [-0.4, -0.2) is 23.2 Å². The molecule has 1 rings (SSSR count). The molecule has 0 aromatic heterocycles. The third-order valence-electron chi connectivity index (χ3n) is 2.65. The second-order valence-electron chi connectivity index (χ2n) is 4.28. The van der Waals surface area contributed by atoms with Crippen LogP contribution in [0.15, 0.2) is 12.1 Å². The van der Waals surface area contributed by atoms with Gasteiger partial charge in [-0.3, -0.25) is 4.79 Å². The van der Waals surface area contributed by atoms with Crippen molar-refractivity contribution in [2.24, 2.45) is 0 Å². The molecule has 0 saturated heterocycles. The smallest absolute Gasteiger partial charge is 0.253 e. The summed E-state index contributed by atoms with van der Waals surface area (Å²) in [6.45, 7) is 3.31. The summed E-state index contributed by atoms with van der Waals surface area (Å²) in [5.41, 5.74) is -1.22. The molecule has 0 aliphatic carbocycles. The Morgan fingerprint density at radius 2 is 2.00 bits per heavy atom. The number of hydrogen-bond acceptors (Lipinski definition) is 2. The molecule has 0 saturated carbocycles. The highest BCUT2D eigenvalue weighted by Crippen LogP contribution is 2.20. The Morgan fingerprint density at radius 1 is 1.44 bits per heavy atom. The number of amides is 1. The van der Waals surface area contributed by atoms with Crippen LogP contribution in [0.25, 0.3) is 0 Å². The maximum Gasteiger partial charge on any atom is 0.253 e. The van der Waals surface area contributed by atoms with Crippen molar-refractivity contribution in [3.8, 4) is 0 Å². The Balaban J connectivity index is 2.82. The molecule has 0 heterocycles.